The molecule has 0 saturated carbocycles. The Morgan fingerprint density at radius 1 is 1.13 bits per heavy atom. The lowest BCUT2D eigenvalue weighted by molar-refractivity contribution is -0.137. The summed E-state index contributed by atoms with van der Waals surface area (Å²) < 4.78 is 45.7. The maximum absolute atomic E-state index is 12.9. The van der Waals surface area contributed by atoms with Crippen molar-refractivity contribution >= 4 is 23.4 Å². The van der Waals surface area contributed by atoms with Crippen LogP contribution in [-0.4, -0.2) is 62.9 Å². The standard InChI is InChI=1S/C19H19F3N6O2S/c20-19(21,22)14-3-1-4-15(11-14)26-6-8-27(9-7-26)17(29)13-31-18-23-24-25-28(18)12-16-5-2-10-30-16/h1-5,10-11H,6-9,12-13H2. The van der Waals surface area contributed by atoms with Gasteiger partial charge in [0.15, 0.2) is 0 Å². The molecule has 8 nitrogen and oxygen atoms in total. The van der Waals surface area contributed by atoms with Crippen LogP contribution >= 0.6 is 11.8 Å². The summed E-state index contributed by atoms with van der Waals surface area (Å²) in [6, 6.07) is 8.84. The van der Waals surface area contributed by atoms with Crippen LogP contribution in [0.15, 0.2) is 52.2 Å². The van der Waals surface area contributed by atoms with E-state index in [0.29, 0.717) is 49.3 Å². The van der Waals surface area contributed by atoms with Gasteiger partial charge in [-0.15, -0.1) is 5.10 Å². The average Bonchev–Trinajstić information content (AvgIpc) is 3.44. The van der Waals surface area contributed by atoms with Crippen LogP contribution in [0.3, 0.4) is 0 Å². The van der Waals surface area contributed by atoms with E-state index in [1.807, 2.05) is 11.0 Å². The van der Waals surface area contributed by atoms with Gasteiger partial charge in [0.2, 0.25) is 11.1 Å². The Bertz CT molecular complexity index is 1020. The molecule has 1 saturated heterocycles. The molecule has 1 fully saturated rings. The lowest BCUT2D eigenvalue weighted by Gasteiger charge is -2.36. The first-order valence-corrected chi connectivity index (χ1v) is 10.5. The molecule has 1 aromatic carbocycles. The normalized spacial score (nSPS) is 14.8. The first-order valence-electron chi connectivity index (χ1n) is 9.51. The van der Waals surface area contributed by atoms with Gasteiger partial charge in [-0.1, -0.05) is 17.8 Å². The van der Waals surface area contributed by atoms with Crippen molar-refractivity contribution in [1.29, 1.82) is 0 Å². The van der Waals surface area contributed by atoms with Gasteiger partial charge in [-0.3, -0.25) is 4.79 Å². The average molecular weight is 452 g/mol. The van der Waals surface area contributed by atoms with E-state index in [2.05, 4.69) is 15.5 Å². The predicted molar refractivity (Wildman–Crippen MR) is 107 cm³/mol. The number of thioether (sulfide) groups is 1. The fourth-order valence-electron chi connectivity index (χ4n) is 3.26. The van der Waals surface area contributed by atoms with E-state index in [0.717, 1.165) is 12.1 Å². The zero-order chi connectivity index (χ0) is 21.8. The Kier molecular flexibility index (Phi) is 6.16. The molecule has 12 heteroatoms. The van der Waals surface area contributed by atoms with Gasteiger partial charge in [-0.2, -0.15) is 13.2 Å². The lowest BCUT2D eigenvalue weighted by Crippen LogP contribution is -2.49. The minimum atomic E-state index is -4.38. The highest BCUT2D eigenvalue weighted by atomic mass is 32.2. The first kappa shape index (κ1) is 21.2. The van der Waals surface area contributed by atoms with E-state index < -0.39 is 11.7 Å². The summed E-state index contributed by atoms with van der Waals surface area (Å²) in [7, 11) is 0. The Morgan fingerprint density at radius 3 is 2.65 bits per heavy atom. The van der Waals surface area contributed by atoms with E-state index in [1.165, 1.54) is 17.8 Å². The number of benzene rings is 1. The first-order chi connectivity index (χ1) is 14.9. The van der Waals surface area contributed by atoms with E-state index >= 15 is 0 Å². The van der Waals surface area contributed by atoms with Crippen LogP contribution in [0.1, 0.15) is 11.3 Å². The number of furan rings is 1. The number of aromatic nitrogens is 4. The third-order valence-electron chi connectivity index (χ3n) is 4.88. The number of hydrogen-bond acceptors (Lipinski definition) is 7. The molecule has 1 aliphatic heterocycles. The summed E-state index contributed by atoms with van der Waals surface area (Å²) in [5, 5.41) is 12.0. The highest BCUT2D eigenvalue weighted by molar-refractivity contribution is 7.99. The van der Waals surface area contributed by atoms with E-state index in [9.17, 15) is 18.0 Å². The van der Waals surface area contributed by atoms with Gasteiger partial charge < -0.3 is 14.2 Å². The maximum atomic E-state index is 12.9. The summed E-state index contributed by atoms with van der Waals surface area (Å²) >= 11 is 1.23. The van der Waals surface area contributed by atoms with E-state index in [-0.39, 0.29) is 11.7 Å². The van der Waals surface area contributed by atoms with E-state index in [4.69, 9.17) is 4.42 Å². The molecule has 0 unspecified atom stereocenters. The minimum Gasteiger partial charge on any atom is -0.467 e. The second-order valence-corrected chi connectivity index (χ2v) is 7.85. The number of carbonyl (C=O) groups excluding carboxylic acids is 1. The Hall–Kier alpha value is -3.02. The number of tetrazole rings is 1. The Morgan fingerprint density at radius 2 is 1.94 bits per heavy atom. The van der Waals surface area contributed by atoms with Gasteiger partial charge >= 0.3 is 6.18 Å². The molecule has 3 aromatic rings. The molecule has 31 heavy (non-hydrogen) atoms. The third kappa shape index (κ3) is 5.19. The summed E-state index contributed by atoms with van der Waals surface area (Å²) in [6.07, 6.45) is -2.81. The van der Waals surface area contributed by atoms with Crippen molar-refractivity contribution in [3.63, 3.8) is 0 Å². The number of hydrogen-bond donors (Lipinski definition) is 0. The summed E-state index contributed by atoms with van der Waals surface area (Å²) in [5.74, 6) is 0.801. The van der Waals surface area contributed by atoms with Gasteiger partial charge in [-0.05, 0) is 40.8 Å². The van der Waals surface area contributed by atoms with Gasteiger partial charge in [0.1, 0.15) is 12.3 Å². The molecule has 164 valence electrons. The Balaban J connectivity index is 1.29. The highest BCUT2D eigenvalue weighted by Gasteiger charge is 2.31. The predicted octanol–water partition coefficient (Wildman–Crippen LogP) is 2.77. The van der Waals surface area contributed by atoms with Crippen molar-refractivity contribution in [3.8, 4) is 0 Å². The molecular weight excluding hydrogens is 433 g/mol. The molecule has 0 atom stereocenters. The fraction of sp³-hybridized carbons (Fsp3) is 0.368. The molecule has 0 radical (unpaired) electrons. The largest absolute Gasteiger partial charge is 0.467 e. The molecule has 1 aliphatic rings. The number of rotatable bonds is 6. The second kappa shape index (κ2) is 9.00. The zero-order valence-corrected chi connectivity index (χ0v) is 17.1. The van der Waals surface area contributed by atoms with Crippen LogP contribution in [0.25, 0.3) is 0 Å². The van der Waals surface area contributed by atoms with Crippen LogP contribution in [0.5, 0.6) is 0 Å². The maximum Gasteiger partial charge on any atom is 0.416 e. The third-order valence-corrected chi connectivity index (χ3v) is 5.82. The summed E-state index contributed by atoms with van der Waals surface area (Å²) in [5.41, 5.74) is -0.166. The van der Waals surface area contributed by atoms with E-state index in [1.54, 1.807) is 28.0 Å². The number of piperazine rings is 1. The SMILES string of the molecule is O=C(CSc1nnnn1Cc1ccco1)N1CCN(c2cccc(C(F)(F)F)c2)CC1. The van der Waals surface area contributed by atoms with Crippen molar-refractivity contribution in [3.05, 3.63) is 54.0 Å². The van der Waals surface area contributed by atoms with Crippen molar-refractivity contribution in [2.75, 3.05) is 36.8 Å². The monoisotopic (exact) mass is 452 g/mol. The van der Waals surface area contributed by atoms with Crippen molar-refractivity contribution in [2.45, 2.75) is 17.9 Å². The van der Waals surface area contributed by atoms with Crippen LogP contribution < -0.4 is 4.90 Å². The van der Waals surface area contributed by atoms with Crippen molar-refractivity contribution in [2.24, 2.45) is 0 Å². The molecule has 0 bridgehead atoms. The van der Waals surface area contributed by atoms with Crippen LogP contribution in [-0.2, 0) is 17.5 Å². The van der Waals surface area contributed by atoms with Gasteiger partial charge in [0, 0.05) is 31.9 Å². The smallest absolute Gasteiger partial charge is 0.416 e. The molecule has 0 spiro atoms. The summed E-state index contributed by atoms with van der Waals surface area (Å²) in [4.78, 5) is 16.2. The van der Waals surface area contributed by atoms with Crippen molar-refractivity contribution < 1.29 is 22.4 Å². The number of nitrogens with zero attached hydrogens (tertiary/aromatic N) is 6. The van der Waals surface area contributed by atoms with Crippen LogP contribution in [0.2, 0.25) is 0 Å². The molecule has 2 aromatic heterocycles. The molecule has 0 aliphatic carbocycles. The molecule has 0 N–H and O–H groups in total. The second-order valence-electron chi connectivity index (χ2n) is 6.90. The highest BCUT2D eigenvalue weighted by Crippen LogP contribution is 2.32. The molecule has 1 amide bonds. The topological polar surface area (TPSA) is 80.3 Å². The van der Waals surface area contributed by atoms with Crippen molar-refractivity contribution in [1.82, 2.24) is 25.1 Å². The summed E-state index contributed by atoms with van der Waals surface area (Å²) in [6.45, 7) is 2.17. The van der Waals surface area contributed by atoms with Crippen LogP contribution in [0, 0.1) is 0 Å². The number of amides is 1. The number of alkyl halides is 3. The molecule has 4 rings (SSSR count). The number of halogens is 3. The lowest BCUT2D eigenvalue weighted by atomic mass is 10.1. The van der Waals surface area contributed by atoms with Crippen LogP contribution in [0.4, 0.5) is 18.9 Å². The minimum absolute atomic E-state index is 0.0683. The number of carbonyl (C=O) groups is 1. The van der Waals surface area contributed by atoms with Gasteiger partial charge in [0.25, 0.3) is 0 Å². The number of anilines is 1. The molecule has 3 heterocycles. The quantitative estimate of drug-likeness (QED) is 0.532. The van der Waals surface area contributed by atoms with Gasteiger partial charge in [0.05, 0.1) is 17.6 Å². The Labute approximate surface area is 180 Å². The zero-order valence-electron chi connectivity index (χ0n) is 16.3. The fourth-order valence-corrected chi connectivity index (χ4v) is 4.04. The molecular formula is C19H19F3N6O2S. The van der Waals surface area contributed by atoms with Gasteiger partial charge in [-0.25, -0.2) is 4.68 Å².